The van der Waals surface area contributed by atoms with Crippen LogP contribution in [0.1, 0.15) is 5.56 Å². The van der Waals surface area contributed by atoms with Gasteiger partial charge in [-0.25, -0.2) is 5.06 Å². The van der Waals surface area contributed by atoms with Crippen molar-refractivity contribution in [3.05, 3.63) is 41.6 Å². The average Bonchev–Trinajstić information content (AvgIpc) is 2.51. The Bertz CT molecular complexity index is 409. The molecule has 14 heavy (non-hydrogen) atoms. The van der Waals surface area contributed by atoms with Crippen molar-refractivity contribution in [2.24, 2.45) is 4.99 Å². The van der Waals surface area contributed by atoms with Gasteiger partial charge in [-0.3, -0.25) is 10.0 Å². The molecule has 1 aromatic carbocycles. The number of rotatable bonds is 1. The molecule has 0 aliphatic carbocycles. The van der Waals surface area contributed by atoms with E-state index in [9.17, 15) is 10.0 Å². The molecule has 2 rings (SSSR count). The number of hydrogen-bond donors (Lipinski definition) is 1. The van der Waals surface area contributed by atoms with E-state index in [1.165, 1.54) is 0 Å². The van der Waals surface area contributed by atoms with Gasteiger partial charge in [0.15, 0.2) is 0 Å². The molecule has 1 heterocycles. The first-order valence-corrected chi connectivity index (χ1v) is 4.11. The third-order valence-corrected chi connectivity index (χ3v) is 1.85. The average molecular weight is 188 g/mol. The zero-order valence-corrected chi connectivity index (χ0v) is 7.29. The molecule has 0 aromatic heterocycles. The van der Waals surface area contributed by atoms with Crippen molar-refractivity contribution in [1.82, 2.24) is 5.06 Å². The lowest BCUT2D eigenvalue weighted by Crippen LogP contribution is -2.13. The normalized spacial score (nSPS) is 18.2. The summed E-state index contributed by atoms with van der Waals surface area (Å²) in [5.41, 5.74) is 1.01. The maximum atomic E-state index is 11.1. The lowest BCUT2D eigenvalue weighted by Gasteiger charge is -2.04. The molecular weight excluding hydrogens is 180 g/mol. The molecule has 1 aromatic rings. The van der Waals surface area contributed by atoms with Gasteiger partial charge >= 0.3 is 0 Å². The van der Waals surface area contributed by atoms with Crippen molar-refractivity contribution in [1.29, 1.82) is 0 Å². The zero-order chi connectivity index (χ0) is 9.97. The molecule has 70 valence electrons. The Morgan fingerprint density at radius 3 is 2.57 bits per heavy atom. The molecule has 0 saturated heterocycles. The number of carbonyl (C=O) groups excluding carboxylic acids is 1. The van der Waals surface area contributed by atoms with Crippen LogP contribution in [0.2, 0.25) is 0 Å². The number of carbonyl (C=O) groups is 1. The van der Waals surface area contributed by atoms with Crippen LogP contribution in [0.25, 0.3) is 6.08 Å². The van der Waals surface area contributed by atoms with E-state index in [2.05, 4.69) is 4.99 Å². The van der Waals surface area contributed by atoms with Crippen LogP contribution in [-0.2, 0) is 4.79 Å². The summed E-state index contributed by atoms with van der Waals surface area (Å²) in [5, 5.41) is 9.93. The summed E-state index contributed by atoms with van der Waals surface area (Å²) in [6.07, 6.45) is 2.66. The van der Waals surface area contributed by atoms with Crippen molar-refractivity contribution in [2.45, 2.75) is 0 Å². The monoisotopic (exact) mass is 188 g/mol. The molecule has 0 bridgehead atoms. The largest absolute Gasteiger partial charge is 0.297 e. The first kappa shape index (κ1) is 8.65. The Kier molecular flexibility index (Phi) is 2.12. The SMILES string of the molecule is O=C1N=CN(O)C1=Cc1ccccc1. The van der Waals surface area contributed by atoms with Gasteiger partial charge in [0.05, 0.1) is 0 Å². The van der Waals surface area contributed by atoms with Gasteiger partial charge in [0.25, 0.3) is 5.91 Å². The molecule has 0 saturated carbocycles. The summed E-state index contributed by atoms with van der Waals surface area (Å²) >= 11 is 0. The van der Waals surface area contributed by atoms with Crippen molar-refractivity contribution < 1.29 is 10.0 Å². The topological polar surface area (TPSA) is 52.9 Å². The lowest BCUT2D eigenvalue weighted by molar-refractivity contribution is -0.116. The fraction of sp³-hybridized carbons (Fsp3) is 0. The third kappa shape index (κ3) is 1.55. The zero-order valence-electron chi connectivity index (χ0n) is 7.29. The molecule has 1 amide bonds. The molecule has 0 unspecified atom stereocenters. The second kappa shape index (κ2) is 3.43. The minimum Gasteiger partial charge on any atom is -0.282 e. The van der Waals surface area contributed by atoms with Crippen LogP contribution < -0.4 is 0 Å². The smallest absolute Gasteiger partial charge is 0.282 e. The molecular formula is C10H8N2O2. The summed E-state index contributed by atoms with van der Waals surface area (Å²) in [5.74, 6) is -0.434. The number of benzene rings is 1. The number of nitrogens with zero attached hydrogens (tertiary/aromatic N) is 2. The van der Waals surface area contributed by atoms with Gasteiger partial charge in [0, 0.05) is 0 Å². The molecule has 0 atom stereocenters. The highest BCUT2D eigenvalue weighted by Crippen LogP contribution is 2.13. The summed E-state index contributed by atoms with van der Waals surface area (Å²) in [4.78, 5) is 14.6. The Hall–Kier alpha value is -1.94. The second-order valence-corrected chi connectivity index (χ2v) is 2.83. The Labute approximate surface area is 80.8 Å². The summed E-state index contributed by atoms with van der Waals surface area (Å²) in [7, 11) is 0. The van der Waals surface area contributed by atoms with Gasteiger partial charge in [0.1, 0.15) is 12.0 Å². The van der Waals surface area contributed by atoms with Crippen molar-refractivity contribution in [2.75, 3.05) is 0 Å². The number of hydrogen-bond acceptors (Lipinski definition) is 3. The number of aliphatic imine (C=N–C) groups is 1. The summed E-state index contributed by atoms with van der Waals surface area (Å²) < 4.78 is 0. The lowest BCUT2D eigenvalue weighted by atomic mass is 10.2. The van der Waals surface area contributed by atoms with E-state index in [4.69, 9.17) is 0 Å². The maximum Gasteiger partial charge on any atom is 0.297 e. The van der Waals surface area contributed by atoms with Gasteiger partial charge in [-0.1, -0.05) is 30.3 Å². The van der Waals surface area contributed by atoms with Crippen LogP contribution in [0.3, 0.4) is 0 Å². The van der Waals surface area contributed by atoms with Crippen molar-refractivity contribution in [3.8, 4) is 0 Å². The predicted octanol–water partition coefficient (Wildman–Crippen LogP) is 1.29. The molecule has 4 heteroatoms. The van der Waals surface area contributed by atoms with Crippen LogP contribution in [0.4, 0.5) is 0 Å². The van der Waals surface area contributed by atoms with Crippen LogP contribution in [-0.4, -0.2) is 22.5 Å². The number of hydroxylamine groups is 2. The van der Waals surface area contributed by atoms with Crippen LogP contribution in [0, 0.1) is 0 Å². The fourth-order valence-electron chi connectivity index (χ4n) is 1.17. The first-order chi connectivity index (χ1) is 6.77. The number of amides is 1. The van der Waals surface area contributed by atoms with Crippen LogP contribution in [0.5, 0.6) is 0 Å². The fourth-order valence-corrected chi connectivity index (χ4v) is 1.17. The van der Waals surface area contributed by atoms with E-state index < -0.39 is 5.91 Å². The highest BCUT2D eigenvalue weighted by Gasteiger charge is 2.19. The quantitative estimate of drug-likeness (QED) is 0.675. The highest BCUT2D eigenvalue weighted by atomic mass is 16.5. The van der Waals surface area contributed by atoms with Gasteiger partial charge in [-0.05, 0) is 11.6 Å². The van der Waals surface area contributed by atoms with Crippen molar-refractivity contribution >= 4 is 18.3 Å². The van der Waals surface area contributed by atoms with Gasteiger partial charge in [-0.2, -0.15) is 4.99 Å². The van der Waals surface area contributed by atoms with E-state index in [1.807, 2.05) is 30.3 Å². The van der Waals surface area contributed by atoms with E-state index in [0.29, 0.717) is 0 Å². The standard InChI is InChI=1S/C10H8N2O2/c13-10-9(12(14)7-11-10)6-8-4-2-1-3-5-8/h1-7,14H. The van der Waals surface area contributed by atoms with E-state index in [0.717, 1.165) is 17.0 Å². The van der Waals surface area contributed by atoms with Crippen LogP contribution in [0.15, 0.2) is 41.0 Å². The van der Waals surface area contributed by atoms with Gasteiger partial charge < -0.3 is 0 Å². The maximum absolute atomic E-state index is 11.1. The third-order valence-electron chi connectivity index (χ3n) is 1.85. The second-order valence-electron chi connectivity index (χ2n) is 2.83. The molecule has 1 aliphatic rings. The minimum atomic E-state index is -0.434. The van der Waals surface area contributed by atoms with E-state index >= 15 is 0 Å². The predicted molar refractivity (Wildman–Crippen MR) is 51.5 cm³/mol. The van der Waals surface area contributed by atoms with Crippen LogP contribution >= 0.6 is 0 Å². The first-order valence-electron chi connectivity index (χ1n) is 4.11. The molecule has 4 nitrogen and oxygen atoms in total. The summed E-state index contributed by atoms with van der Waals surface area (Å²) in [6.45, 7) is 0. The summed E-state index contributed by atoms with van der Waals surface area (Å²) in [6, 6.07) is 9.27. The molecule has 0 fully saturated rings. The molecule has 0 spiro atoms. The molecule has 0 radical (unpaired) electrons. The van der Waals surface area contributed by atoms with Gasteiger partial charge in [-0.15, -0.1) is 0 Å². The minimum absolute atomic E-state index is 0.163. The van der Waals surface area contributed by atoms with E-state index in [-0.39, 0.29) is 5.70 Å². The Balaban J connectivity index is 2.32. The van der Waals surface area contributed by atoms with Crippen molar-refractivity contribution in [3.63, 3.8) is 0 Å². The van der Waals surface area contributed by atoms with Gasteiger partial charge in [0.2, 0.25) is 0 Å². The Morgan fingerprint density at radius 2 is 2.00 bits per heavy atom. The highest BCUT2D eigenvalue weighted by molar-refractivity contribution is 6.06. The Morgan fingerprint density at radius 1 is 1.29 bits per heavy atom. The molecule has 1 N–H and O–H groups in total. The molecule has 1 aliphatic heterocycles. The van der Waals surface area contributed by atoms with E-state index in [1.54, 1.807) is 6.08 Å².